The van der Waals surface area contributed by atoms with E-state index in [-0.39, 0.29) is 11.5 Å². The molecular weight excluding hydrogens is 228 g/mol. The number of hydrogen-bond acceptors (Lipinski definition) is 4. The van der Waals surface area contributed by atoms with E-state index < -0.39 is 0 Å². The van der Waals surface area contributed by atoms with E-state index in [0.717, 1.165) is 37.7 Å². The minimum absolute atomic E-state index is 0.0415. The van der Waals surface area contributed by atoms with E-state index >= 15 is 0 Å². The van der Waals surface area contributed by atoms with Crippen molar-refractivity contribution in [1.82, 2.24) is 10.2 Å². The van der Waals surface area contributed by atoms with Gasteiger partial charge in [0.2, 0.25) is 0 Å². The molecule has 0 aromatic heterocycles. The fourth-order valence-corrected chi connectivity index (χ4v) is 2.56. The number of phenols is 2. The average Bonchev–Trinajstić information content (AvgIpc) is 2.35. The Morgan fingerprint density at radius 2 is 2.17 bits per heavy atom. The van der Waals surface area contributed by atoms with Gasteiger partial charge in [0.05, 0.1) is 0 Å². The average molecular weight is 250 g/mol. The second kappa shape index (κ2) is 6.07. The van der Waals surface area contributed by atoms with Crippen molar-refractivity contribution < 1.29 is 10.2 Å². The number of nitrogens with one attached hydrogen (secondary N) is 1. The summed E-state index contributed by atoms with van der Waals surface area (Å²) >= 11 is 0. The number of phenolic OH excluding ortho intramolecular Hbond substituents is 2. The fraction of sp³-hybridized carbons (Fsp3) is 0.571. The molecule has 0 bridgehead atoms. The van der Waals surface area contributed by atoms with Gasteiger partial charge in [0, 0.05) is 13.1 Å². The molecule has 0 aliphatic carbocycles. The molecule has 1 fully saturated rings. The van der Waals surface area contributed by atoms with Crippen molar-refractivity contribution in [3.8, 4) is 11.5 Å². The molecule has 2 rings (SSSR count). The minimum Gasteiger partial charge on any atom is -0.504 e. The van der Waals surface area contributed by atoms with Crippen LogP contribution in [0.1, 0.15) is 18.4 Å². The van der Waals surface area contributed by atoms with Crippen LogP contribution >= 0.6 is 0 Å². The summed E-state index contributed by atoms with van der Waals surface area (Å²) in [6.45, 7) is 4.11. The maximum absolute atomic E-state index is 9.46. The second-order valence-corrected chi connectivity index (χ2v) is 5.23. The molecule has 1 aromatic carbocycles. The molecule has 1 aromatic rings. The van der Waals surface area contributed by atoms with E-state index in [1.807, 2.05) is 6.07 Å². The fourth-order valence-electron chi connectivity index (χ4n) is 2.56. The van der Waals surface area contributed by atoms with E-state index in [9.17, 15) is 10.2 Å². The van der Waals surface area contributed by atoms with Gasteiger partial charge in [-0.05, 0) is 56.6 Å². The summed E-state index contributed by atoms with van der Waals surface area (Å²) < 4.78 is 0. The SMILES string of the molecule is CN(Cc1ccc(O)c(O)c1)CC1CCCNC1. The molecule has 4 nitrogen and oxygen atoms in total. The molecule has 0 radical (unpaired) electrons. The Bertz CT molecular complexity index is 389. The minimum atomic E-state index is -0.0575. The van der Waals surface area contributed by atoms with Crippen molar-refractivity contribution in [3.05, 3.63) is 23.8 Å². The summed E-state index contributed by atoms with van der Waals surface area (Å²) in [5.74, 6) is 0.618. The molecule has 1 atom stereocenters. The number of benzene rings is 1. The highest BCUT2D eigenvalue weighted by Gasteiger charge is 2.15. The molecular formula is C14H22N2O2. The van der Waals surface area contributed by atoms with Crippen LogP contribution in [0.15, 0.2) is 18.2 Å². The molecule has 0 amide bonds. The molecule has 1 saturated heterocycles. The Hall–Kier alpha value is -1.26. The second-order valence-electron chi connectivity index (χ2n) is 5.23. The van der Waals surface area contributed by atoms with Crippen molar-refractivity contribution >= 4 is 0 Å². The highest BCUT2D eigenvalue weighted by molar-refractivity contribution is 5.40. The van der Waals surface area contributed by atoms with Crippen LogP contribution < -0.4 is 5.32 Å². The smallest absolute Gasteiger partial charge is 0.157 e. The highest BCUT2D eigenvalue weighted by Crippen LogP contribution is 2.25. The third-order valence-electron chi connectivity index (χ3n) is 3.46. The molecule has 100 valence electrons. The van der Waals surface area contributed by atoms with E-state index in [0.29, 0.717) is 0 Å². The van der Waals surface area contributed by atoms with Crippen molar-refractivity contribution in [3.63, 3.8) is 0 Å². The normalized spacial score (nSPS) is 20.2. The molecule has 1 heterocycles. The first-order valence-electron chi connectivity index (χ1n) is 6.55. The van der Waals surface area contributed by atoms with Crippen LogP contribution in [0.4, 0.5) is 0 Å². The Morgan fingerprint density at radius 1 is 1.33 bits per heavy atom. The summed E-state index contributed by atoms with van der Waals surface area (Å²) in [6.07, 6.45) is 2.55. The number of piperidine rings is 1. The predicted octanol–water partition coefficient (Wildman–Crippen LogP) is 1.53. The van der Waals surface area contributed by atoms with Gasteiger partial charge in [0.25, 0.3) is 0 Å². The van der Waals surface area contributed by atoms with Crippen molar-refractivity contribution in [2.75, 3.05) is 26.7 Å². The molecule has 18 heavy (non-hydrogen) atoms. The Morgan fingerprint density at radius 3 is 2.83 bits per heavy atom. The Labute approximate surface area is 108 Å². The van der Waals surface area contributed by atoms with Crippen LogP contribution in [0.3, 0.4) is 0 Å². The summed E-state index contributed by atoms with van der Waals surface area (Å²) in [7, 11) is 2.10. The molecule has 1 aliphatic rings. The van der Waals surface area contributed by atoms with Crippen LogP contribution in [-0.2, 0) is 6.54 Å². The number of aromatic hydroxyl groups is 2. The van der Waals surface area contributed by atoms with Crippen LogP contribution in [0.5, 0.6) is 11.5 Å². The van der Waals surface area contributed by atoms with Gasteiger partial charge in [0.15, 0.2) is 11.5 Å². The molecule has 0 saturated carbocycles. The Kier molecular flexibility index (Phi) is 4.44. The number of hydrogen-bond donors (Lipinski definition) is 3. The lowest BCUT2D eigenvalue weighted by Gasteiger charge is -2.27. The third kappa shape index (κ3) is 3.62. The van der Waals surface area contributed by atoms with Crippen LogP contribution in [0.2, 0.25) is 0 Å². The van der Waals surface area contributed by atoms with E-state index in [1.165, 1.54) is 12.8 Å². The van der Waals surface area contributed by atoms with Gasteiger partial charge in [0.1, 0.15) is 0 Å². The van der Waals surface area contributed by atoms with Gasteiger partial charge in [-0.1, -0.05) is 6.07 Å². The molecule has 1 unspecified atom stereocenters. The predicted molar refractivity (Wildman–Crippen MR) is 71.7 cm³/mol. The van der Waals surface area contributed by atoms with Crippen LogP contribution in [-0.4, -0.2) is 41.8 Å². The summed E-state index contributed by atoms with van der Waals surface area (Å²) in [5, 5.41) is 22.1. The summed E-state index contributed by atoms with van der Waals surface area (Å²) in [4.78, 5) is 2.27. The number of rotatable bonds is 4. The zero-order chi connectivity index (χ0) is 13.0. The van der Waals surface area contributed by atoms with Crippen molar-refractivity contribution in [2.24, 2.45) is 5.92 Å². The lowest BCUT2D eigenvalue weighted by molar-refractivity contribution is 0.237. The lowest BCUT2D eigenvalue weighted by Crippen LogP contribution is -2.36. The maximum Gasteiger partial charge on any atom is 0.157 e. The van der Waals surface area contributed by atoms with E-state index in [4.69, 9.17) is 0 Å². The summed E-state index contributed by atoms with van der Waals surface area (Å²) in [5.41, 5.74) is 1.02. The Balaban J connectivity index is 1.85. The zero-order valence-electron chi connectivity index (χ0n) is 10.9. The standard InChI is InChI=1S/C14H22N2O2/c1-16(10-12-3-2-6-15-8-12)9-11-4-5-13(17)14(18)7-11/h4-5,7,12,15,17-18H,2-3,6,8-10H2,1H3. The lowest BCUT2D eigenvalue weighted by atomic mass is 9.99. The largest absolute Gasteiger partial charge is 0.504 e. The molecule has 0 spiro atoms. The van der Waals surface area contributed by atoms with Gasteiger partial charge in [-0.2, -0.15) is 0 Å². The first-order valence-corrected chi connectivity index (χ1v) is 6.55. The third-order valence-corrected chi connectivity index (χ3v) is 3.46. The summed E-state index contributed by atoms with van der Waals surface area (Å²) in [6, 6.07) is 5.02. The first kappa shape index (κ1) is 13.2. The maximum atomic E-state index is 9.46. The molecule has 3 N–H and O–H groups in total. The highest BCUT2D eigenvalue weighted by atomic mass is 16.3. The monoisotopic (exact) mass is 250 g/mol. The van der Waals surface area contributed by atoms with Crippen LogP contribution in [0.25, 0.3) is 0 Å². The van der Waals surface area contributed by atoms with Gasteiger partial charge in [-0.3, -0.25) is 0 Å². The van der Waals surface area contributed by atoms with Crippen LogP contribution in [0, 0.1) is 5.92 Å². The molecule has 1 aliphatic heterocycles. The number of nitrogens with zero attached hydrogens (tertiary/aromatic N) is 1. The van der Waals surface area contributed by atoms with Gasteiger partial charge < -0.3 is 20.4 Å². The van der Waals surface area contributed by atoms with Gasteiger partial charge in [-0.15, -0.1) is 0 Å². The van der Waals surface area contributed by atoms with Gasteiger partial charge in [-0.25, -0.2) is 0 Å². The topological polar surface area (TPSA) is 55.7 Å². The van der Waals surface area contributed by atoms with Crippen molar-refractivity contribution in [2.45, 2.75) is 19.4 Å². The van der Waals surface area contributed by atoms with Gasteiger partial charge >= 0.3 is 0 Å². The van der Waals surface area contributed by atoms with E-state index in [2.05, 4.69) is 17.3 Å². The van der Waals surface area contributed by atoms with Crippen molar-refractivity contribution in [1.29, 1.82) is 0 Å². The zero-order valence-corrected chi connectivity index (χ0v) is 10.9. The first-order chi connectivity index (χ1) is 8.65. The molecule has 4 heteroatoms. The van der Waals surface area contributed by atoms with E-state index in [1.54, 1.807) is 12.1 Å². The quantitative estimate of drug-likeness (QED) is 0.709.